The number of nitrogens with zero attached hydrogens (tertiary/aromatic N) is 6. The number of amides is 4. The third kappa shape index (κ3) is 10.1. The van der Waals surface area contributed by atoms with Gasteiger partial charge in [-0.15, -0.1) is 0 Å². The Morgan fingerprint density at radius 3 is 2.44 bits per heavy atom. The molecule has 2 unspecified atom stereocenters. The first kappa shape index (κ1) is 50.0. The van der Waals surface area contributed by atoms with Gasteiger partial charge in [-0.2, -0.15) is 0 Å². The Morgan fingerprint density at radius 2 is 1.73 bits per heavy atom. The van der Waals surface area contributed by atoms with Crippen molar-refractivity contribution < 1.29 is 33.8 Å². The molecule has 0 aliphatic carbocycles. The lowest BCUT2D eigenvalue weighted by Crippen LogP contribution is -2.62. The molecule has 4 atom stereocenters. The number of esters is 1. The average molecular weight is 955 g/mol. The number of fused-ring (bicyclic) bond motifs is 7. The average Bonchev–Trinajstić information content (AvgIpc) is 4.02. The van der Waals surface area contributed by atoms with Crippen LogP contribution in [0.25, 0.3) is 44.2 Å². The number of aryl methyl sites for hydroxylation is 2. The molecule has 2 aromatic heterocycles. The number of hydrogen-bond donors (Lipinski definition) is 3. The minimum absolute atomic E-state index is 0.00107. The Bertz CT molecular complexity index is 2860. The monoisotopic (exact) mass is 955 g/mol. The highest BCUT2D eigenvalue weighted by atomic mass is 16.5. The summed E-state index contributed by atoms with van der Waals surface area (Å²) in [5, 5.41) is 18.0. The van der Waals surface area contributed by atoms with Gasteiger partial charge in [0.2, 0.25) is 17.7 Å². The van der Waals surface area contributed by atoms with Crippen molar-refractivity contribution in [3.05, 3.63) is 90.1 Å². The summed E-state index contributed by atoms with van der Waals surface area (Å²) in [6.07, 6.45) is 3.24. The van der Waals surface area contributed by atoms with Crippen LogP contribution >= 0.6 is 0 Å². The molecule has 0 saturated carbocycles. The predicted molar refractivity (Wildman–Crippen MR) is 272 cm³/mol. The Labute approximate surface area is 411 Å². The Balaban J connectivity index is 1.20. The van der Waals surface area contributed by atoms with E-state index in [0.29, 0.717) is 44.3 Å². The maximum absolute atomic E-state index is 14.8. The summed E-state index contributed by atoms with van der Waals surface area (Å²) in [6.45, 7) is 16.2. The molecule has 3 aliphatic heterocycles. The maximum Gasteiger partial charge on any atom is 0.324 e. The van der Waals surface area contributed by atoms with Crippen molar-refractivity contribution in [3.63, 3.8) is 0 Å². The van der Waals surface area contributed by atoms with Crippen molar-refractivity contribution in [3.8, 4) is 28.1 Å². The van der Waals surface area contributed by atoms with Crippen molar-refractivity contribution in [1.82, 2.24) is 39.6 Å². The number of hydrogen-bond acceptors (Lipinski definition) is 9. The molecule has 70 heavy (non-hydrogen) atoms. The molecule has 2 fully saturated rings. The molecule has 3 aliphatic rings. The number of benzene rings is 3. The van der Waals surface area contributed by atoms with Gasteiger partial charge in [0.05, 0.1) is 18.2 Å². The molecule has 15 nitrogen and oxygen atoms in total. The van der Waals surface area contributed by atoms with E-state index in [-0.39, 0.29) is 49.6 Å². The maximum atomic E-state index is 14.8. The Morgan fingerprint density at radius 1 is 0.971 bits per heavy atom. The quantitative estimate of drug-likeness (QED) is 0.106. The second-order valence-corrected chi connectivity index (χ2v) is 21.0. The Kier molecular flexibility index (Phi) is 14.4. The molecule has 8 rings (SSSR count). The van der Waals surface area contributed by atoms with E-state index in [0.717, 1.165) is 50.9 Å². The van der Waals surface area contributed by atoms with E-state index in [9.17, 15) is 29.1 Å². The fraction of sp³-hybridized carbons (Fsp3) is 0.473. The first-order chi connectivity index (χ1) is 33.3. The summed E-state index contributed by atoms with van der Waals surface area (Å²) in [6, 6.07) is 17.6. The number of nitrogens with one attached hydrogen (secondary N) is 2. The van der Waals surface area contributed by atoms with Crippen LogP contribution < -0.4 is 10.7 Å². The standard InChI is InChI=1S/C55H70N8O7/c1-11-48(65)61-21-19-38(30-61)52(67)60(10)49(33(3)4)51(66)56-45-24-34-22-39(26-41(64)23-34)35-17-18-46-42(27-35)43(29-55(5,6)32-70-54(69)44-14-13-20-63(57-44)53(45)68)50(62(46)12-2)37-16-15-36-25-40(31-58(7)8)59(9)47(36)28-37/h11,15-18,22-23,25-28,33,38,44-45,49,57,64H,1,12-14,19-21,24,29-32H2,2-10H3,(H,56,66)/t38-,44?,45?,49-/m0/s1. The fourth-order valence-corrected chi connectivity index (χ4v) is 10.9. The molecule has 2 saturated heterocycles. The van der Waals surface area contributed by atoms with E-state index in [1.54, 1.807) is 24.1 Å². The highest BCUT2D eigenvalue weighted by Gasteiger charge is 2.40. The lowest BCUT2D eigenvalue weighted by atomic mass is 9.84. The third-order valence-electron chi connectivity index (χ3n) is 14.4. The number of carbonyl (C=O) groups is 5. The number of cyclic esters (lactones) is 1. The van der Waals surface area contributed by atoms with Gasteiger partial charge in [0.15, 0.2) is 0 Å². The van der Waals surface area contributed by atoms with Gasteiger partial charge in [0.25, 0.3) is 5.91 Å². The van der Waals surface area contributed by atoms with Gasteiger partial charge in [0, 0.05) is 86.3 Å². The van der Waals surface area contributed by atoms with Crippen molar-refractivity contribution >= 4 is 51.4 Å². The molecule has 5 heterocycles. The molecule has 3 N–H and O–H groups in total. The minimum Gasteiger partial charge on any atom is -0.508 e. The lowest BCUT2D eigenvalue weighted by Gasteiger charge is -2.37. The minimum atomic E-state index is -1.16. The van der Waals surface area contributed by atoms with Crippen LogP contribution in [-0.2, 0) is 61.7 Å². The zero-order valence-electron chi connectivity index (χ0n) is 42.3. The molecule has 5 aromatic rings. The van der Waals surface area contributed by atoms with Crippen LogP contribution in [0.2, 0.25) is 0 Å². The van der Waals surface area contributed by atoms with E-state index < -0.39 is 47.2 Å². The fourth-order valence-electron chi connectivity index (χ4n) is 10.9. The number of rotatable bonds is 10. The van der Waals surface area contributed by atoms with Crippen LogP contribution in [0.3, 0.4) is 0 Å². The van der Waals surface area contributed by atoms with Gasteiger partial charge in [-0.1, -0.05) is 58.5 Å². The van der Waals surface area contributed by atoms with Gasteiger partial charge in [-0.3, -0.25) is 29.0 Å². The topological polar surface area (TPSA) is 162 Å². The normalized spacial score (nSPS) is 20.2. The number of aromatic hydroxyl groups is 1. The molecule has 0 spiro atoms. The smallest absolute Gasteiger partial charge is 0.324 e. The van der Waals surface area contributed by atoms with Gasteiger partial charge in [-0.25, -0.2) is 5.43 Å². The van der Waals surface area contributed by atoms with Gasteiger partial charge in [0.1, 0.15) is 23.9 Å². The van der Waals surface area contributed by atoms with Crippen molar-refractivity contribution in [1.29, 1.82) is 0 Å². The highest BCUT2D eigenvalue weighted by Crippen LogP contribution is 2.41. The van der Waals surface area contributed by atoms with Crippen LogP contribution in [0.5, 0.6) is 5.75 Å². The largest absolute Gasteiger partial charge is 0.508 e. The van der Waals surface area contributed by atoms with Crippen LogP contribution in [0.1, 0.15) is 70.7 Å². The lowest BCUT2D eigenvalue weighted by molar-refractivity contribution is -0.155. The number of phenols is 1. The molecule has 4 amide bonds. The number of likely N-dealkylation sites (N-methyl/N-ethyl adjacent to an activating group) is 1. The van der Waals surface area contributed by atoms with Crippen molar-refractivity contribution in [2.45, 2.75) is 97.9 Å². The van der Waals surface area contributed by atoms with Gasteiger partial charge < -0.3 is 39.0 Å². The van der Waals surface area contributed by atoms with E-state index >= 15 is 0 Å². The highest BCUT2D eigenvalue weighted by molar-refractivity contribution is 5.97. The van der Waals surface area contributed by atoms with Crippen LogP contribution in [0, 0.1) is 17.3 Å². The molecule has 3 aromatic carbocycles. The number of phenolic OH excluding ortho intramolecular Hbond substituents is 1. The number of likely N-dealkylation sites (tertiary alicyclic amines) is 1. The number of ether oxygens (including phenoxy) is 1. The van der Waals surface area contributed by atoms with E-state index in [1.165, 1.54) is 27.1 Å². The second-order valence-electron chi connectivity index (χ2n) is 21.0. The van der Waals surface area contributed by atoms with Crippen LogP contribution in [0.15, 0.2) is 73.3 Å². The number of hydrazine groups is 1. The Hall–Kier alpha value is -6.45. The van der Waals surface area contributed by atoms with E-state index in [2.05, 4.69) is 116 Å². The first-order valence-corrected chi connectivity index (χ1v) is 24.7. The molecule has 6 bridgehead atoms. The summed E-state index contributed by atoms with van der Waals surface area (Å²) in [4.78, 5) is 74.8. The third-order valence-corrected chi connectivity index (χ3v) is 14.4. The summed E-state index contributed by atoms with van der Waals surface area (Å²) in [5.74, 6) is -2.80. The zero-order valence-corrected chi connectivity index (χ0v) is 42.3. The summed E-state index contributed by atoms with van der Waals surface area (Å²) in [7, 11) is 7.85. The SMILES string of the molecule is C=CC(=O)N1CC[C@H](C(=O)N(C)[C@H](C(=O)NC2Cc3cc(O)cc(c3)-c3ccc4c(c3)c(c(-c3ccc5cc(CN(C)C)n(C)c5c3)n4CC)CC(C)(C)COC(=O)C3CCCN(N3)C2=O)C(C)C)C1. The van der Waals surface area contributed by atoms with Gasteiger partial charge >= 0.3 is 5.97 Å². The van der Waals surface area contributed by atoms with Crippen LogP contribution in [0.4, 0.5) is 0 Å². The van der Waals surface area contributed by atoms with E-state index in [1.807, 2.05) is 19.9 Å². The van der Waals surface area contributed by atoms with Crippen molar-refractivity contribution in [2.75, 3.05) is 47.4 Å². The zero-order chi connectivity index (χ0) is 50.3. The molecule has 15 heteroatoms. The van der Waals surface area contributed by atoms with E-state index in [4.69, 9.17) is 4.74 Å². The molecule has 0 radical (unpaired) electrons. The molecular formula is C55H70N8O7. The first-order valence-electron chi connectivity index (χ1n) is 24.7. The van der Waals surface area contributed by atoms with Crippen LogP contribution in [-0.4, -0.2) is 129 Å². The summed E-state index contributed by atoms with van der Waals surface area (Å²) >= 11 is 0. The van der Waals surface area contributed by atoms with Crippen molar-refractivity contribution in [2.24, 2.45) is 24.3 Å². The summed E-state index contributed by atoms with van der Waals surface area (Å²) in [5.41, 5.74) is 11.5. The summed E-state index contributed by atoms with van der Waals surface area (Å²) < 4.78 is 10.8. The molecular weight excluding hydrogens is 885 g/mol. The number of aromatic nitrogens is 2. The van der Waals surface area contributed by atoms with Gasteiger partial charge in [-0.05, 0) is 123 Å². The molecule has 372 valence electrons. The predicted octanol–water partition coefficient (Wildman–Crippen LogP) is 6.42. The second kappa shape index (κ2) is 20.1. The number of carbonyl (C=O) groups excluding carboxylic acids is 5.